The first-order chi connectivity index (χ1) is 13.9. The van der Waals surface area contributed by atoms with Crippen molar-refractivity contribution < 1.29 is 9.53 Å². The van der Waals surface area contributed by atoms with Crippen LogP contribution in [0.4, 0.5) is 5.69 Å². The van der Waals surface area contributed by atoms with Crippen LogP contribution >= 0.6 is 35.0 Å². The van der Waals surface area contributed by atoms with Crippen molar-refractivity contribution in [3.63, 3.8) is 0 Å². The number of hydrogen-bond donors (Lipinski definition) is 2. The van der Waals surface area contributed by atoms with E-state index in [0.29, 0.717) is 26.7 Å². The maximum absolute atomic E-state index is 12.2. The average molecular weight is 452 g/mol. The Balaban J connectivity index is 1.59. The molecule has 0 aliphatic carbocycles. The van der Waals surface area contributed by atoms with E-state index in [1.165, 1.54) is 4.68 Å². The Hall–Kier alpha value is -2.42. The van der Waals surface area contributed by atoms with Crippen molar-refractivity contribution >= 4 is 46.6 Å². The number of rotatable bonds is 7. The topological polar surface area (TPSA) is 95.1 Å². The molecule has 1 amide bonds. The molecule has 10 heteroatoms. The van der Waals surface area contributed by atoms with Crippen molar-refractivity contribution in [1.82, 2.24) is 14.9 Å². The Morgan fingerprint density at radius 3 is 2.41 bits per heavy atom. The molecule has 7 nitrogen and oxygen atoms in total. The molecule has 3 aromatic rings. The van der Waals surface area contributed by atoms with E-state index < -0.39 is 0 Å². The molecule has 0 saturated carbocycles. The lowest BCUT2D eigenvalue weighted by atomic mass is 10.1. The Morgan fingerprint density at radius 2 is 1.76 bits per heavy atom. The molecule has 0 atom stereocenters. The van der Waals surface area contributed by atoms with Gasteiger partial charge < -0.3 is 15.9 Å². The lowest BCUT2D eigenvalue weighted by Crippen LogP contribution is -2.18. The predicted octanol–water partition coefficient (Wildman–Crippen LogP) is 4.23. The van der Waals surface area contributed by atoms with Crippen LogP contribution in [0.5, 0.6) is 5.75 Å². The predicted molar refractivity (Wildman–Crippen MR) is 116 cm³/mol. The highest BCUT2D eigenvalue weighted by atomic mass is 35.5. The second-order valence-electron chi connectivity index (χ2n) is 6.21. The first-order valence-corrected chi connectivity index (χ1v) is 10.4. The molecule has 0 unspecified atom stereocenters. The van der Waals surface area contributed by atoms with Gasteiger partial charge in [0.25, 0.3) is 0 Å². The number of aromatic nitrogens is 3. The third-order valence-electron chi connectivity index (χ3n) is 4.05. The summed E-state index contributed by atoms with van der Waals surface area (Å²) in [4.78, 5) is 12.2. The van der Waals surface area contributed by atoms with Crippen molar-refractivity contribution in [1.29, 1.82) is 0 Å². The van der Waals surface area contributed by atoms with Crippen LogP contribution in [-0.2, 0) is 11.4 Å². The number of halogens is 2. The van der Waals surface area contributed by atoms with Crippen molar-refractivity contribution in [3.8, 4) is 5.75 Å². The van der Waals surface area contributed by atoms with Gasteiger partial charge in [-0.05, 0) is 37.1 Å². The fourth-order valence-electron chi connectivity index (χ4n) is 2.59. The second-order valence-corrected chi connectivity index (χ2v) is 7.97. The number of nitrogen functional groups attached to an aromatic ring is 1. The lowest BCUT2D eigenvalue weighted by molar-refractivity contribution is -0.113. The van der Waals surface area contributed by atoms with Crippen molar-refractivity contribution in [2.24, 2.45) is 0 Å². The summed E-state index contributed by atoms with van der Waals surface area (Å²) in [5.74, 6) is 7.06. The zero-order valence-electron chi connectivity index (χ0n) is 15.8. The molecular weight excluding hydrogens is 433 g/mol. The van der Waals surface area contributed by atoms with Crippen LogP contribution in [0.3, 0.4) is 0 Å². The Labute approximate surface area is 182 Å². The number of nitrogens with one attached hydrogen (secondary N) is 1. The summed E-state index contributed by atoms with van der Waals surface area (Å²) in [7, 11) is 0. The standard InChI is InChI=1S/C19H19Cl2N5O2S/c1-11-5-3-6-12(2)18(11)28-9-15-24-25-19(26(15)22)29-10-16(27)23-17-13(20)7-4-8-14(17)21/h3-8H,9-10,22H2,1-2H3,(H,23,27). The average Bonchev–Trinajstić information content (AvgIpc) is 3.02. The minimum atomic E-state index is -0.290. The number of nitrogens with zero attached hydrogens (tertiary/aromatic N) is 3. The number of hydrogen-bond acceptors (Lipinski definition) is 6. The van der Waals surface area contributed by atoms with Gasteiger partial charge in [-0.15, -0.1) is 10.2 Å². The molecule has 0 radical (unpaired) electrons. The smallest absolute Gasteiger partial charge is 0.234 e. The van der Waals surface area contributed by atoms with Gasteiger partial charge in [-0.1, -0.05) is 59.2 Å². The van der Waals surface area contributed by atoms with E-state index in [1.54, 1.807) is 18.2 Å². The summed E-state index contributed by atoms with van der Waals surface area (Å²) < 4.78 is 7.17. The minimum absolute atomic E-state index is 0.0641. The van der Waals surface area contributed by atoms with Gasteiger partial charge in [-0.3, -0.25) is 4.79 Å². The van der Waals surface area contributed by atoms with E-state index in [-0.39, 0.29) is 18.3 Å². The normalized spacial score (nSPS) is 10.8. The Morgan fingerprint density at radius 1 is 1.14 bits per heavy atom. The molecule has 0 fully saturated rings. The van der Waals surface area contributed by atoms with E-state index in [1.807, 2.05) is 32.0 Å². The molecule has 0 aliphatic heterocycles. The van der Waals surface area contributed by atoms with Crippen LogP contribution in [0.15, 0.2) is 41.6 Å². The summed E-state index contributed by atoms with van der Waals surface area (Å²) >= 11 is 13.3. The molecule has 3 rings (SSSR count). The van der Waals surface area contributed by atoms with E-state index in [4.69, 9.17) is 33.8 Å². The van der Waals surface area contributed by atoms with Crippen LogP contribution < -0.4 is 15.9 Å². The molecule has 0 saturated heterocycles. The van der Waals surface area contributed by atoms with E-state index >= 15 is 0 Å². The largest absolute Gasteiger partial charge is 0.485 e. The summed E-state index contributed by atoms with van der Waals surface area (Å²) in [5, 5.41) is 11.9. The number of nitrogens with two attached hydrogens (primary N) is 1. The maximum Gasteiger partial charge on any atom is 0.234 e. The number of carbonyl (C=O) groups excluding carboxylic acids is 1. The van der Waals surface area contributed by atoms with Gasteiger partial charge in [0.1, 0.15) is 12.4 Å². The van der Waals surface area contributed by atoms with Crippen LogP contribution in [0, 0.1) is 13.8 Å². The minimum Gasteiger partial charge on any atom is -0.485 e. The summed E-state index contributed by atoms with van der Waals surface area (Å²) in [6, 6.07) is 10.9. The van der Waals surface area contributed by atoms with Gasteiger partial charge in [0.2, 0.25) is 11.1 Å². The number of thioether (sulfide) groups is 1. The lowest BCUT2D eigenvalue weighted by Gasteiger charge is -2.11. The van der Waals surface area contributed by atoms with Gasteiger partial charge in [0, 0.05) is 0 Å². The van der Waals surface area contributed by atoms with E-state index in [0.717, 1.165) is 28.6 Å². The quantitative estimate of drug-likeness (QED) is 0.412. The monoisotopic (exact) mass is 451 g/mol. The molecule has 29 heavy (non-hydrogen) atoms. The van der Waals surface area contributed by atoms with E-state index in [2.05, 4.69) is 15.5 Å². The third kappa shape index (κ3) is 5.14. The highest BCUT2D eigenvalue weighted by molar-refractivity contribution is 7.99. The van der Waals surface area contributed by atoms with Crippen LogP contribution in [0.2, 0.25) is 10.0 Å². The van der Waals surface area contributed by atoms with Crippen LogP contribution in [0.1, 0.15) is 17.0 Å². The Kier molecular flexibility index (Phi) is 6.89. The molecule has 1 aromatic heterocycles. The van der Waals surface area contributed by atoms with Crippen molar-refractivity contribution in [2.45, 2.75) is 25.6 Å². The van der Waals surface area contributed by atoms with Crippen LogP contribution in [0.25, 0.3) is 0 Å². The molecule has 3 N–H and O–H groups in total. The van der Waals surface area contributed by atoms with Gasteiger partial charge >= 0.3 is 0 Å². The fourth-order valence-corrected chi connectivity index (χ4v) is 3.76. The summed E-state index contributed by atoms with van der Waals surface area (Å²) in [5.41, 5.74) is 2.42. The number of carbonyl (C=O) groups is 1. The number of benzene rings is 2. The summed E-state index contributed by atoms with van der Waals surface area (Å²) in [6.45, 7) is 4.11. The second kappa shape index (κ2) is 9.39. The van der Waals surface area contributed by atoms with Gasteiger partial charge in [0.05, 0.1) is 21.5 Å². The number of anilines is 1. The number of amides is 1. The molecule has 0 aliphatic rings. The number of ether oxygens (including phenoxy) is 1. The van der Waals surface area contributed by atoms with Crippen LogP contribution in [-0.4, -0.2) is 26.5 Å². The SMILES string of the molecule is Cc1cccc(C)c1OCc1nnc(SCC(=O)Nc2c(Cl)cccc2Cl)n1N. The zero-order valence-corrected chi connectivity index (χ0v) is 18.1. The molecule has 152 valence electrons. The maximum atomic E-state index is 12.2. The fraction of sp³-hybridized carbons (Fsp3) is 0.211. The first kappa shape index (κ1) is 21.3. The van der Waals surface area contributed by atoms with Gasteiger partial charge in [-0.25, -0.2) is 4.68 Å². The number of aryl methyl sites for hydroxylation is 2. The van der Waals surface area contributed by atoms with Crippen molar-refractivity contribution in [3.05, 3.63) is 63.4 Å². The van der Waals surface area contributed by atoms with Gasteiger partial charge in [-0.2, -0.15) is 0 Å². The highest BCUT2D eigenvalue weighted by Gasteiger charge is 2.15. The van der Waals surface area contributed by atoms with Crippen molar-refractivity contribution in [2.75, 3.05) is 16.9 Å². The molecular formula is C19H19Cl2N5O2S. The third-order valence-corrected chi connectivity index (χ3v) is 5.62. The molecule has 0 bridgehead atoms. The molecule has 1 heterocycles. The highest BCUT2D eigenvalue weighted by Crippen LogP contribution is 2.30. The molecule has 2 aromatic carbocycles. The molecule has 0 spiro atoms. The number of para-hydroxylation sites is 2. The summed E-state index contributed by atoms with van der Waals surface area (Å²) in [6.07, 6.45) is 0. The first-order valence-electron chi connectivity index (χ1n) is 8.62. The van der Waals surface area contributed by atoms with E-state index in [9.17, 15) is 4.79 Å². The Bertz CT molecular complexity index is 1000. The van der Waals surface area contributed by atoms with Gasteiger partial charge in [0.15, 0.2) is 5.82 Å². The zero-order chi connectivity index (χ0) is 21.0.